The van der Waals surface area contributed by atoms with Gasteiger partial charge in [0.25, 0.3) is 5.56 Å². The zero-order valence-electron chi connectivity index (χ0n) is 11.5. The van der Waals surface area contributed by atoms with Crippen LogP contribution in [0.4, 0.5) is 0 Å². The highest BCUT2D eigenvalue weighted by atomic mass is 16.5. The molecule has 0 unspecified atom stereocenters. The molecule has 102 valence electrons. The third-order valence-corrected chi connectivity index (χ3v) is 3.16. The first-order valence-corrected chi connectivity index (χ1v) is 5.97. The molecule has 2 rings (SSSR count). The lowest BCUT2D eigenvalue weighted by Gasteiger charge is -2.11. The van der Waals surface area contributed by atoms with Crippen LogP contribution in [0.1, 0.15) is 11.1 Å². The van der Waals surface area contributed by atoms with Crippen molar-refractivity contribution >= 4 is 0 Å². The third kappa shape index (κ3) is 2.24. The highest BCUT2D eigenvalue weighted by Gasteiger charge is 2.12. The zero-order valence-corrected chi connectivity index (χ0v) is 11.5. The van der Waals surface area contributed by atoms with Gasteiger partial charge in [-0.05, 0) is 30.2 Å². The molecule has 0 radical (unpaired) electrons. The third-order valence-electron chi connectivity index (χ3n) is 3.16. The quantitative estimate of drug-likeness (QED) is 0.928. The molecule has 20 heavy (non-hydrogen) atoms. The molecule has 0 atom stereocenters. The molecule has 2 aromatic rings. The number of methoxy groups -OCH3 is 2. The molecule has 0 fully saturated rings. The average Bonchev–Trinajstić information content (AvgIpc) is 2.47. The second kappa shape index (κ2) is 5.49. The second-order valence-corrected chi connectivity index (χ2v) is 4.21. The maximum absolute atomic E-state index is 11.6. The van der Waals surface area contributed by atoms with Crippen molar-refractivity contribution in [2.75, 3.05) is 14.2 Å². The van der Waals surface area contributed by atoms with Crippen molar-refractivity contribution in [3.63, 3.8) is 0 Å². The zero-order chi connectivity index (χ0) is 14.7. The minimum absolute atomic E-state index is 0.122. The molecule has 5 nitrogen and oxygen atoms in total. The van der Waals surface area contributed by atoms with Gasteiger partial charge in [0, 0.05) is 11.8 Å². The average molecular weight is 270 g/mol. The summed E-state index contributed by atoms with van der Waals surface area (Å²) in [6.07, 6.45) is 1.60. The molecule has 1 N–H and O–H groups in total. The van der Waals surface area contributed by atoms with Gasteiger partial charge in [-0.25, -0.2) is 0 Å². The topological polar surface area (TPSA) is 75.1 Å². The SMILES string of the molecule is COc1ccc(-c2c[nH]c(=O)c(C#N)c2C)cc1OC. The number of nitrogens with zero attached hydrogens (tertiary/aromatic N) is 1. The number of aromatic nitrogens is 1. The van der Waals surface area contributed by atoms with Crippen LogP contribution in [0.3, 0.4) is 0 Å². The van der Waals surface area contributed by atoms with Crippen molar-refractivity contribution in [3.8, 4) is 28.7 Å². The summed E-state index contributed by atoms with van der Waals surface area (Å²) in [5.41, 5.74) is 2.00. The summed E-state index contributed by atoms with van der Waals surface area (Å²) < 4.78 is 10.4. The van der Waals surface area contributed by atoms with Crippen molar-refractivity contribution < 1.29 is 9.47 Å². The molecule has 0 amide bonds. The highest BCUT2D eigenvalue weighted by molar-refractivity contribution is 5.71. The molecular formula is C15H14N2O3. The molecule has 1 aromatic heterocycles. The number of aromatic amines is 1. The molecule has 0 saturated carbocycles. The number of pyridine rings is 1. The summed E-state index contributed by atoms with van der Waals surface area (Å²) in [5.74, 6) is 1.22. The Bertz CT molecular complexity index is 742. The smallest absolute Gasteiger partial charge is 0.266 e. The molecule has 0 saturated heterocycles. The van der Waals surface area contributed by atoms with E-state index >= 15 is 0 Å². The van der Waals surface area contributed by atoms with Crippen LogP contribution in [0.5, 0.6) is 11.5 Å². The van der Waals surface area contributed by atoms with Gasteiger partial charge in [0.1, 0.15) is 11.6 Å². The maximum atomic E-state index is 11.6. The van der Waals surface area contributed by atoms with Crippen LogP contribution in [0, 0.1) is 18.3 Å². The largest absolute Gasteiger partial charge is 0.493 e. The molecule has 0 spiro atoms. The van der Waals surface area contributed by atoms with Crippen LogP contribution in [0.25, 0.3) is 11.1 Å². The summed E-state index contributed by atoms with van der Waals surface area (Å²) in [4.78, 5) is 14.1. The van der Waals surface area contributed by atoms with Crippen LogP contribution in [-0.2, 0) is 0 Å². The van der Waals surface area contributed by atoms with E-state index in [1.165, 1.54) is 0 Å². The van der Waals surface area contributed by atoms with Crippen LogP contribution < -0.4 is 15.0 Å². The van der Waals surface area contributed by atoms with Crippen LogP contribution >= 0.6 is 0 Å². The molecule has 0 aliphatic heterocycles. The highest BCUT2D eigenvalue weighted by Crippen LogP contribution is 2.33. The fraction of sp³-hybridized carbons (Fsp3) is 0.200. The Morgan fingerprint density at radius 3 is 2.50 bits per heavy atom. The first-order valence-electron chi connectivity index (χ1n) is 5.97. The Morgan fingerprint density at radius 2 is 1.90 bits per heavy atom. The van der Waals surface area contributed by atoms with Crippen molar-refractivity contribution in [2.45, 2.75) is 6.92 Å². The fourth-order valence-corrected chi connectivity index (χ4v) is 2.06. The number of hydrogen-bond donors (Lipinski definition) is 1. The predicted molar refractivity (Wildman–Crippen MR) is 75.1 cm³/mol. The second-order valence-electron chi connectivity index (χ2n) is 4.21. The summed E-state index contributed by atoms with van der Waals surface area (Å²) in [5, 5.41) is 9.04. The lowest BCUT2D eigenvalue weighted by molar-refractivity contribution is 0.355. The van der Waals surface area contributed by atoms with Crippen LogP contribution in [0.2, 0.25) is 0 Å². The van der Waals surface area contributed by atoms with Gasteiger partial charge in [0.15, 0.2) is 11.5 Å². The van der Waals surface area contributed by atoms with E-state index in [1.807, 2.05) is 12.1 Å². The lowest BCUT2D eigenvalue weighted by Crippen LogP contribution is -2.12. The van der Waals surface area contributed by atoms with E-state index in [2.05, 4.69) is 4.98 Å². The van der Waals surface area contributed by atoms with Gasteiger partial charge in [-0.3, -0.25) is 4.79 Å². The Hall–Kier alpha value is -2.74. The number of ether oxygens (including phenoxy) is 2. The molecule has 5 heteroatoms. The summed E-state index contributed by atoms with van der Waals surface area (Å²) in [6.45, 7) is 1.75. The normalized spacial score (nSPS) is 9.90. The minimum Gasteiger partial charge on any atom is -0.493 e. The van der Waals surface area contributed by atoms with Crippen LogP contribution in [-0.4, -0.2) is 19.2 Å². The van der Waals surface area contributed by atoms with Crippen molar-refractivity contribution in [3.05, 3.63) is 45.9 Å². The number of nitrogens with one attached hydrogen (secondary N) is 1. The number of H-pyrrole nitrogens is 1. The monoisotopic (exact) mass is 270 g/mol. The van der Waals surface area contributed by atoms with E-state index in [0.717, 1.165) is 11.1 Å². The van der Waals surface area contributed by atoms with E-state index in [4.69, 9.17) is 14.7 Å². The van der Waals surface area contributed by atoms with Crippen molar-refractivity contribution in [1.29, 1.82) is 5.26 Å². The standard InChI is InChI=1S/C15H14N2O3/c1-9-11(7-16)15(18)17-8-12(9)10-4-5-13(19-2)14(6-10)20-3/h4-6,8H,1-3H3,(H,17,18). The molecule has 1 heterocycles. The van der Waals surface area contributed by atoms with Gasteiger partial charge >= 0.3 is 0 Å². The molecular weight excluding hydrogens is 256 g/mol. The van der Waals surface area contributed by atoms with Crippen LogP contribution in [0.15, 0.2) is 29.2 Å². The summed E-state index contributed by atoms with van der Waals surface area (Å²) in [6, 6.07) is 7.36. The van der Waals surface area contributed by atoms with Gasteiger partial charge < -0.3 is 14.5 Å². The molecule has 0 aliphatic rings. The Labute approximate surface area is 116 Å². The summed E-state index contributed by atoms with van der Waals surface area (Å²) >= 11 is 0. The van der Waals surface area contributed by atoms with Gasteiger partial charge in [0.2, 0.25) is 0 Å². The Kier molecular flexibility index (Phi) is 3.76. The number of nitriles is 1. The Morgan fingerprint density at radius 1 is 1.20 bits per heavy atom. The summed E-state index contributed by atoms with van der Waals surface area (Å²) in [7, 11) is 3.12. The Balaban J connectivity index is 2.64. The molecule has 0 aliphatic carbocycles. The lowest BCUT2D eigenvalue weighted by atomic mass is 9.99. The van der Waals surface area contributed by atoms with E-state index < -0.39 is 0 Å². The number of rotatable bonds is 3. The number of benzene rings is 1. The van der Waals surface area contributed by atoms with E-state index in [9.17, 15) is 4.79 Å². The number of hydrogen-bond acceptors (Lipinski definition) is 4. The van der Waals surface area contributed by atoms with Gasteiger partial charge in [-0.2, -0.15) is 5.26 Å². The van der Waals surface area contributed by atoms with E-state index in [1.54, 1.807) is 39.5 Å². The molecule has 1 aromatic carbocycles. The fourth-order valence-electron chi connectivity index (χ4n) is 2.06. The predicted octanol–water partition coefficient (Wildman–Crippen LogP) is 2.24. The van der Waals surface area contributed by atoms with E-state index in [0.29, 0.717) is 17.1 Å². The molecule has 0 bridgehead atoms. The first kappa shape index (κ1) is 13.7. The van der Waals surface area contributed by atoms with Gasteiger partial charge in [0.05, 0.1) is 14.2 Å². The van der Waals surface area contributed by atoms with Crippen molar-refractivity contribution in [1.82, 2.24) is 4.98 Å². The van der Waals surface area contributed by atoms with Gasteiger partial charge in [-0.1, -0.05) is 6.07 Å². The van der Waals surface area contributed by atoms with Gasteiger partial charge in [-0.15, -0.1) is 0 Å². The maximum Gasteiger partial charge on any atom is 0.266 e. The minimum atomic E-state index is -0.380. The van der Waals surface area contributed by atoms with E-state index in [-0.39, 0.29) is 11.1 Å². The first-order chi connectivity index (χ1) is 9.62. The van der Waals surface area contributed by atoms with Crippen molar-refractivity contribution in [2.24, 2.45) is 0 Å².